The van der Waals surface area contributed by atoms with Gasteiger partial charge in [-0.25, -0.2) is 0 Å². The van der Waals surface area contributed by atoms with Crippen molar-refractivity contribution < 1.29 is 13.2 Å². The topological polar surface area (TPSA) is 12.0 Å². The van der Waals surface area contributed by atoms with Gasteiger partial charge in [-0.15, -0.1) is 11.3 Å². The van der Waals surface area contributed by atoms with Gasteiger partial charge in [-0.3, -0.25) is 0 Å². The third-order valence-electron chi connectivity index (χ3n) is 2.51. The summed E-state index contributed by atoms with van der Waals surface area (Å²) < 4.78 is 36.7. The summed E-state index contributed by atoms with van der Waals surface area (Å²) in [4.78, 5) is 1.13. The third-order valence-corrected chi connectivity index (χ3v) is 3.39. The zero-order chi connectivity index (χ0) is 12.9. The Kier molecular flexibility index (Phi) is 5.46. The first-order chi connectivity index (χ1) is 7.92. The van der Waals surface area contributed by atoms with Crippen LogP contribution in [-0.4, -0.2) is 12.7 Å². The highest BCUT2D eigenvalue weighted by Gasteiger charge is 2.28. The minimum atomic E-state index is -4.07. The van der Waals surface area contributed by atoms with E-state index < -0.39 is 12.6 Å². The Labute approximate surface area is 104 Å². The maximum Gasteiger partial charge on any atom is 0.389 e. The third kappa shape index (κ3) is 5.55. The summed E-state index contributed by atoms with van der Waals surface area (Å²) >= 11 is 1.58. The molecule has 0 saturated heterocycles. The highest BCUT2D eigenvalue weighted by atomic mass is 32.1. The van der Waals surface area contributed by atoms with Gasteiger partial charge in [0, 0.05) is 17.3 Å². The molecular weight excluding hydrogens is 247 g/mol. The molecule has 0 aliphatic heterocycles. The molecular formula is C12H18F3NS. The van der Waals surface area contributed by atoms with Crippen LogP contribution in [0.15, 0.2) is 11.4 Å². The van der Waals surface area contributed by atoms with Crippen molar-refractivity contribution in [3.63, 3.8) is 0 Å². The standard InChI is InChI=1S/C12H18F3NS/c1-3-6-16-11(4-5-12(13,14)15)10-7-9(2)17-8-10/h7-8,11,16H,3-6H2,1-2H3. The lowest BCUT2D eigenvalue weighted by Crippen LogP contribution is -2.23. The van der Waals surface area contributed by atoms with Gasteiger partial charge < -0.3 is 5.32 Å². The van der Waals surface area contributed by atoms with E-state index in [1.807, 2.05) is 25.3 Å². The van der Waals surface area contributed by atoms with Crippen molar-refractivity contribution in [2.24, 2.45) is 0 Å². The SMILES string of the molecule is CCCNC(CCC(F)(F)F)c1csc(C)c1. The number of alkyl halides is 3. The number of halogens is 3. The van der Waals surface area contributed by atoms with Crippen LogP contribution in [0.1, 0.15) is 42.7 Å². The Hall–Kier alpha value is -0.550. The highest BCUT2D eigenvalue weighted by Crippen LogP contribution is 2.29. The molecule has 1 nitrogen and oxygen atoms in total. The average molecular weight is 265 g/mol. The van der Waals surface area contributed by atoms with Gasteiger partial charge in [-0.2, -0.15) is 13.2 Å². The second-order valence-electron chi connectivity index (χ2n) is 4.15. The van der Waals surface area contributed by atoms with Crippen LogP contribution in [0.2, 0.25) is 0 Å². The first-order valence-corrected chi connectivity index (χ1v) is 6.65. The Morgan fingerprint density at radius 3 is 2.59 bits per heavy atom. The van der Waals surface area contributed by atoms with Crippen LogP contribution in [0.25, 0.3) is 0 Å². The molecule has 0 fully saturated rings. The first-order valence-electron chi connectivity index (χ1n) is 5.77. The molecule has 0 amide bonds. The molecule has 1 aromatic rings. The molecule has 98 valence electrons. The van der Waals surface area contributed by atoms with Crippen LogP contribution in [0.5, 0.6) is 0 Å². The monoisotopic (exact) mass is 265 g/mol. The van der Waals surface area contributed by atoms with Crippen molar-refractivity contribution in [2.75, 3.05) is 6.54 Å². The van der Waals surface area contributed by atoms with Crippen LogP contribution in [0.4, 0.5) is 13.2 Å². The lowest BCUT2D eigenvalue weighted by molar-refractivity contribution is -0.136. The summed E-state index contributed by atoms with van der Waals surface area (Å²) in [6.45, 7) is 4.72. The van der Waals surface area contributed by atoms with Gasteiger partial charge in [-0.05, 0) is 43.3 Å². The van der Waals surface area contributed by atoms with Gasteiger partial charge in [0.25, 0.3) is 0 Å². The fraction of sp³-hybridized carbons (Fsp3) is 0.667. The van der Waals surface area contributed by atoms with Gasteiger partial charge >= 0.3 is 6.18 Å². The zero-order valence-corrected chi connectivity index (χ0v) is 10.9. The van der Waals surface area contributed by atoms with Crippen molar-refractivity contribution in [1.82, 2.24) is 5.32 Å². The summed E-state index contributed by atoms with van der Waals surface area (Å²) in [5.41, 5.74) is 0.977. The van der Waals surface area contributed by atoms with Crippen molar-refractivity contribution in [3.8, 4) is 0 Å². The Morgan fingerprint density at radius 1 is 1.41 bits per heavy atom. The van der Waals surface area contributed by atoms with E-state index in [1.165, 1.54) is 0 Å². The average Bonchev–Trinajstić information content (AvgIpc) is 2.63. The fourth-order valence-corrected chi connectivity index (χ4v) is 2.42. The van der Waals surface area contributed by atoms with Gasteiger partial charge in [0.1, 0.15) is 0 Å². The summed E-state index contributed by atoms with van der Waals surface area (Å²) in [7, 11) is 0. The molecule has 0 bridgehead atoms. The van der Waals surface area contributed by atoms with Crippen LogP contribution >= 0.6 is 11.3 Å². The Bertz CT molecular complexity index is 333. The van der Waals surface area contributed by atoms with E-state index >= 15 is 0 Å². The number of hydrogen-bond donors (Lipinski definition) is 1. The van der Waals surface area contributed by atoms with Gasteiger partial charge in [0.15, 0.2) is 0 Å². The second-order valence-corrected chi connectivity index (χ2v) is 5.27. The molecule has 1 heterocycles. The molecule has 1 unspecified atom stereocenters. The second kappa shape index (κ2) is 6.40. The summed E-state index contributed by atoms with van der Waals surface area (Å²) in [5, 5.41) is 5.12. The van der Waals surface area contributed by atoms with Crippen LogP contribution in [-0.2, 0) is 0 Å². The van der Waals surface area contributed by atoms with E-state index in [1.54, 1.807) is 11.3 Å². The quantitative estimate of drug-likeness (QED) is 0.801. The molecule has 0 aliphatic rings. The maximum absolute atomic E-state index is 12.2. The van der Waals surface area contributed by atoms with Crippen molar-refractivity contribution >= 4 is 11.3 Å². The van der Waals surface area contributed by atoms with E-state index in [4.69, 9.17) is 0 Å². The van der Waals surface area contributed by atoms with Crippen LogP contribution < -0.4 is 5.32 Å². The number of nitrogens with one attached hydrogen (secondary N) is 1. The Morgan fingerprint density at radius 2 is 2.12 bits per heavy atom. The van der Waals surface area contributed by atoms with E-state index in [0.717, 1.165) is 23.4 Å². The molecule has 0 radical (unpaired) electrons. The molecule has 0 saturated carbocycles. The van der Waals surface area contributed by atoms with Gasteiger partial charge in [0.05, 0.1) is 0 Å². The minimum absolute atomic E-state index is 0.111. The number of hydrogen-bond acceptors (Lipinski definition) is 2. The smallest absolute Gasteiger partial charge is 0.310 e. The summed E-state index contributed by atoms with van der Waals surface area (Å²) in [5.74, 6) is 0. The molecule has 0 aromatic carbocycles. The van der Waals surface area contributed by atoms with E-state index in [0.29, 0.717) is 0 Å². The molecule has 1 aromatic heterocycles. The molecule has 0 spiro atoms. The summed E-state index contributed by atoms with van der Waals surface area (Å²) in [6.07, 6.45) is -3.77. The number of thiophene rings is 1. The maximum atomic E-state index is 12.2. The van der Waals surface area contributed by atoms with E-state index in [2.05, 4.69) is 5.32 Å². The Balaban J connectivity index is 2.60. The largest absolute Gasteiger partial charge is 0.389 e. The minimum Gasteiger partial charge on any atom is -0.310 e. The zero-order valence-electron chi connectivity index (χ0n) is 10.1. The molecule has 17 heavy (non-hydrogen) atoms. The molecule has 1 atom stereocenters. The first kappa shape index (κ1) is 14.5. The molecule has 5 heteroatoms. The molecule has 0 aliphatic carbocycles. The van der Waals surface area contributed by atoms with Crippen LogP contribution in [0.3, 0.4) is 0 Å². The van der Waals surface area contributed by atoms with E-state index in [-0.39, 0.29) is 12.5 Å². The highest BCUT2D eigenvalue weighted by molar-refractivity contribution is 7.10. The van der Waals surface area contributed by atoms with Crippen LogP contribution in [0, 0.1) is 6.92 Å². The van der Waals surface area contributed by atoms with Crippen molar-refractivity contribution in [1.29, 1.82) is 0 Å². The number of rotatable bonds is 6. The fourth-order valence-electron chi connectivity index (χ4n) is 1.66. The summed E-state index contributed by atoms with van der Waals surface area (Å²) in [6, 6.07) is 1.79. The molecule has 1 N–H and O–H groups in total. The predicted octanol–water partition coefficient (Wildman–Crippen LogP) is 4.44. The lowest BCUT2D eigenvalue weighted by Gasteiger charge is -2.18. The van der Waals surface area contributed by atoms with Crippen molar-refractivity contribution in [2.45, 2.75) is 45.3 Å². The van der Waals surface area contributed by atoms with Gasteiger partial charge in [-0.1, -0.05) is 6.92 Å². The normalized spacial score (nSPS) is 13.9. The lowest BCUT2D eigenvalue weighted by atomic mass is 10.0. The predicted molar refractivity (Wildman–Crippen MR) is 65.4 cm³/mol. The number of aryl methyl sites for hydroxylation is 1. The van der Waals surface area contributed by atoms with Crippen molar-refractivity contribution in [3.05, 3.63) is 21.9 Å². The molecule has 1 rings (SSSR count). The van der Waals surface area contributed by atoms with E-state index in [9.17, 15) is 13.2 Å². The van der Waals surface area contributed by atoms with Gasteiger partial charge in [0.2, 0.25) is 0 Å².